The zero-order valence-corrected chi connectivity index (χ0v) is 17.9. The van der Waals surface area contributed by atoms with E-state index in [1.54, 1.807) is 0 Å². The van der Waals surface area contributed by atoms with E-state index in [-0.39, 0.29) is 37.0 Å². The quantitative estimate of drug-likeness (QED) is 0.464. The third-order valence-corrected chi connectivity index (χ3v) is 5.32. The molecule has 0 spiro atoms. The van der Waals surface area contributed by atoms with Gasteiger partial charge in [0.25, 0.3) is 5.91 Å². The van der Waals surface area contributed by atoms with Crippen molar-refractivity contribution in [3.8, 4) is 0 Å². The first kappa shape index (κ1) is 22.6. The molecule has 0 aliphatic heterocycles. The van der Waals surface area contributed by atoms with Crippen LogP contribution in [0.4, 0.5) is 11.4 Å². The van der Waals surface area contributed by atoms with E-state index in [9.17, 15) is 18.0 Å². The van der Waals surface area contributed by atoms with Crippen LogP contribution in [0.5, 0.6) is 0 Å². The van der Waals surface area contributed by atoms with Gasteiger partial charge < -0.3 is 10.1 Å². The van der Waals surface area contributed by atoms with Crippen molar-refractivity contribution in [2.24, 2.45) is 0 Å². The van der Waals surface area contributed by atoms with Gasteiger partial charge in [-0.2, -0.15) is 0 Å². The molecule has 2 N–H and O–H groups in total. The van der Waals surface area contributed by atoms with Crippen LogP contribution in [0.3, 0.4) is 0 Å². The highest BCUT2D eigenvalue weighted by atomic mass is 35.5. The van der Waals surface area contributed by atoms with E-state index in [4.69, 9.17) is 51.1 Å². The second kappa shape index (κ2) is 9.19. The maximum Gasteiger partial charge on any atom is 0.340 e. The summed E-state index contributed by atoms with van der Waals surface area (Å²) in [6, 6.07) is 7.08. The standard InChI is InChI=1S/C16H12Cl4N2O5S/c1-28(25,26)22-11-5-3-2-4-8(11)16(24)27-7-12(23)21-15-13(19)9(17)6-10(18)14(15)20/h2-6,22H,7H2,1H3,(H,21,23). The molecule has 0 heterocycles. The first-order valence-corrected chi connectivity index (χ1v) is 10.8. The van der Waals surface area contributed by atoms with Crippen LogP contribution >= 0.6 is 46.4 Å². The van der Waals surface area contributed by atoms with Crippen molar-refractivity contribution in [3.63, 3.8) is 0 Å². The normalized spacial score (nSPS) is 11.0. The number of hydrogen-bond donors (Lipinski definition) is 2. The van der Waals surface area contributed by atoms with Crippen molar-refractivity contribution >= 4 is 79.7 Å². The number of carbonyl (C=O) groups is 2. The molecular formula is C16H12Cl4N2O5S. The Bertz CT molecular complexity index is 1020. The average Bonchev–Trinajstić information content (AvgIpc) is 2.60. The number of esters is 1. The Morgan fingerprint density at radius 3 is 2.18 bits per heavy atom. The molecule has 0 bridgehead atoms. The fourth-order valence-corrected chi connectivity index (χ4v) is 3.50. The minimum atomic E-state index is -3.61. The van der Waals surface area contributed by atoms with Gasteiger partial charge in [-0.1, -0.05) is 58.5 Å². The summed E-state index contributed by atoms with van der Waals surface area (Å²) in [6.45, 7) is -0.692. The summed E-state index contributed by atoms with van der Waals surface area (Å²) in [4.78, 5) is 24.3. The van der Waals surface area contributed by atoms with Gasteiger partial charge in [0, 0.05) is 0 Å². The minimum Gasteiger partial charge on any atom is -0.452 e. The van der Waals surface area contributed by atoms with Crippen LogP contribution in [-0.2, 0) is 19.6 Å². The second-order valence-corrected chi connectivity index (χ2v) is 8.71. The lowest BCUT2D eigenvalue weighted by atomic mass is 10.2. The summed E-state index contributed by atoms with van der Waals surface area (Å²) in [7, 11) is -3.61. The molecule has 0 unspecified atom stereocenters. The molecule has 150 valence electrons. The fourth-order valence-electron chi connectivity index (χ4n) is 2.02. The van der Waals surface area contributed by atoms with E-state index in [2.05, 4.69) is 10.0 Å². The summed E-state index contributed by atoms with van der Waals surface area (Å²) < 4.78 is 29.9. The molecule has 1 amide bonds. The second-order valence-electron chi connectivity index (χ2n) is 5.39. The lowest BCUT2D eigenvalue weighted by Crippen LogP contribution is -2.22. The predicted octanol–water partition coefficient (Wildman–Crippen LogP) is 4.47. The third kappa shape index (κ3) is 5.89. The number of amides is 1. The van der Waals surface area contributed by atoms with Gasteiger partial charge in [0.15, 0.2) is 6.61 Å². The van der Waals surface area contributed by atoms with E-state index in [1.165, 1.54) is 30.3 Å². The van der Waals surface area contributed by atoms with Crippen LogP contribution < -0.4 is 10.0 Å². The molecule has 0 radical (unpaired) electrons. The van der Waals surface area contributed by atoms with Gasteiger partial charge in [-0.25, -0.2) is 13.2 Å². The first-order chi connectivity index (χ1) is 13.0. The molecule has 2 rings (SSSR count). The highest BCUT2D eigenvalue weighted by Gasteiger charge is 2.19. The summed E-state index contributed by atoms with van der Waals surface area (Å²) >= 11 is 23.8. The van der Waals surface area contributed by atoms with Gasteiger partial charge in [0.05, 0.1) is 43.3 Å². The summed E-state index contributed by atoms with van der Waals surface area (Å²) in [5.74, 6) is -1.67. The Kier molecular flexibility index (Phi) is 7.41. The van der Waals surface area contributed by atoms with Crippen molar-refractivity contribution < 1.29 is 22.7 Å². The van der Waals surface area contributed by atoms with Gasteiger partial charge in [-0.15, -0.1) is 0 Å². The van der Waals surface area contributed by atoms with Crippen molar-refractivity contribution in [2.45, 2.75) is 0 Å². The molecular weight excluding hydrogens is 474 g/mol. The number of para-hydroxylation sites is 1. The smallest absolute Gasteiger partial charge is 0.340 e. The molecule has 0 aliphatic carbocycles. The average molecular weight is 486 g/mol. The molecule has 2 aromatic carbocycles. The predicted molar refractivity (Wildman–Crippen MR) is 110 cm³/mol. The number of benzene rings is 2. The summed E-state index contributed by atoms with van der Waals surface area (Å²) in [6.07, 6.45) is 0.937. The SMILES string of the molecule is CS(=O)(=O)Nc1ccccc1C(=O)OCC(=O)Nc1c(Cl)c(Cl)cc(Cl)c1Cl. The van der Waals surface area contributed by atoms with E-state index < -0.39 is 28.5 Å². The summed E-state index contributed by atoms with van der Waals surface area (Å²) in [5, 5.41) is 2.45. The number of anilines is 2. The van der Waals surface area contributed by atoms with Gasteiger partial charge in [-0.05, 0) is 18.2 Å². The number of nitrogens with one attached hydrogen (secondary N) is 2. The molecule has 7 nitrogen and oxygen atoms in total. The van der Waals surface area contributed by atoms with Crippen molar-refractivity contribution in [3.05, 3.63) is 56.0 Å². The van der Waals surface area contributed by atoms with Gasteiger partial charge in [0.2, 0.25) is 10.0 Å². The molecule has 0 aliphatic rings. The van der Waals surface area contributed by atoms with Crippen LogP contribution in [0.1, 0.15) is 10.4 Å². The number of ether oxygens (including phenoxy) is 1. The third-order valence-electron chi connectivity index (χ3n) is 3.15. The molecule has 0 saturated carbocycles. The zero-order valence-electron chi connectivity index (χ0n) is 14.1. The maximum atomic E-state index is 12.2. The Labute approximate surface area is 180 Å². The van der Waals surface area contributed by atoms with Crippen LogP contribution in [-0.4, -0.2) is 33.2 Å². The Morgan fingerprint density at radius 2 is 1.61 bits per heavy atom. The van der Waals surface area contributed by atoms with Crippen LogP contribution in [0.15, 0.2) is 30.3 Å². The van der Waals surface area contributed by atoms with Crippen molar-refractivity contribution in [1.82, 2.24) is 0 Å². The fraction of sp³-hybridized carbons (Fsp3) is 0.125. The first-order valence-electron chi connectivity index (χ1n) is 7.36. The highest BCUT2D eigenvalue weighted by Crippen LogP contribution is 2.40. The monoisotopic (exact) mass is 484 g/mol. The lowest BCUT2D eigenvalue weighted by molar-refractivity contribution is -0.119. The lowest BCUT2D eigenvalue weighted by Gasteiger charge is -2.13. The minimum absolute atomic E-state index is 0.0168. The van der Waals surface area contributed by atoms with Crippen molar-refractivity contribution in [2.75, 3.05) is 22.9 Å². The molecule has 0 fully saturated rings. The van der Waals surface area contributed by atoms with Gasteiger partial charge >= 0.3 is 5.97 Å². The van der Waals surface area contributed by atoms with E-state index in [0.29, 0.717) is 0 Å². The molecule has 0 saturated heterocycles. The number of rotatable bonds is 6. The van der Waals surface area contributed by atoms with E-state index in [0.717, 1.165) is 6.26 Å². The molecule has 0 atom stereocenters. The molecule has 0 aromatic heterocycles. The number of sulfonamides is 1. The maximum absolute atomic E-state index is 12.2. The van der Waals surface area contributed by atoms with Crippen molar-refractivity contribution in [1.29, 1.82) is 0 Å². The van der Waals surface area contributed by atoms with Gasteiger partial charge in [0.1, 0.15) is 0 Å². The number of carbonyl (C=O) groups excluding carboxylic acids is 2. The Balaban J connectivity index is 2.10. The zero-order chi connectivity index (χ0) is 21.1. The van der Waals surface area contributed by atoms with Crippen LogP contribution in [0.2, 0.25) is 20.1 Å². The van der Waals surface area contributed by atoms with Crippen LogP contribution in [0.25, 0.3) is 0 Å². The molecule has 28 heavy (non-hydrogen) atoms. The Hall–Kier alpha value is -1.71. The molecule has 2 aromatic rings. The van der Waals surface area contributed by atoms with E-state index in [1.807, 2.05) is 0 Å². The number of halogens is 4. The topological polar surface area (TPSA) is 102 Å². The molecule has 12 heteroatoms. The Morgan fingerprint density at radius 1 is 1.04 bits per heavy atom. The highest BCUT2D eigenvalue weighted by molar-refractivity contribution is 7.92. The number of hydrogen-bond acceptors (Lipinski definition) is 5. The van der Waals surface area contributed by atoms with Gasteiger partial charge in [-0.3, -0.25) is 9.52 Å². The summed E-state index contributed by atoms with van der Waals surface area (Å²) in [5.41, 5.74) is -0.0771. The van der Waals surface area contributed by atoms with Crippen LogP contribution in [0, 0.1) is 0 Å². The van der Waals surface area contributed by atoms with E-state index >= 15 is 0 Å². The largest absolute Gasteiger partial charge is 0.452 e.